The topological polar surface area (TPSA) is 66.8 Å². The van der Waals surface area contributed by atoms with Crippen LogP contribution in [0.5, 0.6) is 5.75 Å². The Morgan fingerprint density at radius 2 is 1.59 bits per heavy atom. The first-order chi connectivity index (χ1) is 13.9. The largest absolute Gasteiger partial charge is 0.491 e. The zero-order valence-corrected chi connectivity index (χ0v) is 16.7. The van der Waals surface area contributed by atoms with Gasteiger partial charge in [0.2, 0.25) is 0 Å². The monoisotopic (exact) mass is 415 g/mol. The second-order valence-electron chi connectivity index (χ2n) is 6.58. The van der Waals surface area contributed by atoms with E-state index in [0.717, 1.165) is 9.87 Å². The Morgan fingerprint density at radius 1 is 0.966 bits per heavy atom. The van der Waals surface area contributed by atoms with Gasteiger partial charge in [-0.2, -0.15) is 0 Å². The van der Waals surface area contributed by atoms with Crippen LogP contribution in [-0.2, 0) is 10.0 Å². The molecule has 0 saturated heterocycles. The molecule has 1 unspecified atom stereocenters. The van der Waals surface area contributed by atoms with Crippen molar-refractivity contribution >= 4 is 15.7 Å². The normalized spacial score (nSPS) is 12.4. The Balaban J connectivity index is 1.87. The van der Waals surface area contributed by atoms with Gasteiger partial charge >= 0.3 is 0 Å². The van der Waals surface area contributed by atoms with Crippen LogP contribution in [0.3, 0.4) is 0 Å². The summed E-state index contributed by atoms with van der Waals surface area (Å²) in [4.78, 5) is 0.0162. The molecule has 0 aliphatic carbocycles. The number of aliphatic hydroxyl groups is 1. The van der Waals surface area contributed by atoms with Crippen molar-refractivity contribution in [1.82, 2.24) is 0 Å². The summed E-state index contributed by atoms with van der Waals surface area (Å²) in [7, 11) is -4.09. The van der Waals surface area contributed by atoms with Gasteiger partial charge in [0.15, 0.2) is 0 Å². The lowest BCUT2D eigenvalue weighted by atomic mass is 10.2. The standard InChI is InChI=1S/C22H22FNO4S/c1-17-11-13-20(14-12-17)29(26,27)24(22-10-6-5-9-21(22)23)15-18(25)16-28-19-7-3-2-4-8-19/h2-14,18,25H,15-16H2,1H3. The number of halogens is 1. The summed E-state index contributed by atoms with van der Waals surface area (Å²) in [6.45, 7) is 1.35. The van der Waals surface area contributed by atoms with Gasteiger partial charge in [0, 0.05) is 0 Å². The first-order valence-corrected chi connectivity index (χ1v) is 10.5. The maximum absolute atomic E-state index is 14.4. The molecule has 3 aromatic carbocycles. The van der Waals surface area contributed by atoms with Crippen LogP contribution in [0.25, 0.3) is 0 Å². The fourth-order valence-electron chi connectivity index (χ4n) is 2.77. The number of hydrogen-bond donors (Lipinski definition) is 1. The highest BCUT2D eigenvalue weighted by Gasteiger charge is 2.29. The maximum atomic E-state index is 14.4. The molecule has 7 heteroatoms. The van der Waals surface area contributed by atoms with Crippen LogP contribution in [0, 0.1) is 12.7 Å². The third-order valence-electron chi connectivity index (χ3n) is 4.29. The molecule has 0 aromatic heterocycles. The van der Waals surface area contributed by atoms with Gasteiger partial charge in [0.1, 0.15) is 24.3 Å². The number of hydrogen-bond acceptors (Lipinski definition) is 4. The van der Waals surface area contributed by atoms with E-state index >= 15 is 0 Å². The lowest BCUT2D eigenvalue weighted by molar-refractivity contribution is 0.115. The summed E-state index contributed by atoms with van der Waals surface area (Å²) in [5, 5.41) is 10.4. The van der Waals surface area contributed by atoms with Crippen LogP contribution in [0.15, 0.2) is 83.8 Å². The van der Waals surface area contributed by atoms with E-state index in [1.165, 1.54) is 30.3 Å². The van der Waals surface area contributed by atoms with Crippen LogP contribution >= 0.6 is 0 Å². The molecule has 1 N–H and O–H groups in total. The summed E-state index contributed by atoms with van der Waals surface area (Å²) in [6.07, 6.45) is -1.17. The summed E-state index contributed by atoms with van der Waals surface area (Å²) in [5.74, 6) is -0.148. The molecule has 0 heterocycles. The molecule has 0 bridgehead atoms. The highest BCUT2D eigenvalue weighted by molar-refractivity contribution is 7.92. The summed E-state index contributed by atoms with van der Waals surface area (Å²) < 4.78 is 47.2. The van der Waals surface area contributed by atoms with Gasteiger partial charge in [0.05, 0.1) is 17.1 Å². The van der Waals surface area contributed by atoms with Gasteiger partial charge in [-0.15, -0.1) is 0 Å². The summed E-state index contributed by atoms with van der Waals surface area (Å²) in [6, 6.07) is 20.7. The minimum absolute atomic E-state index is 0.0162. The van der Waals surface area contributed by atoms with Gasteiger partial charge in [-0.05, 0) is 43.3 Å². The molecule has 0 spiro atoms. The average Bonchev–Trinajstić information content (AvgIpc) is 2.72. The second kappa shape index (κ2) is 9.07. The van der Waals surface area contributed by atoms with E-state index in [1.807, 2.05) is 13.0 Å². The van der Waals surface area contributed by atoms with Gasteiger partial charge in [-0.3, -0.25) is 4.31 Å². The molecular formula is C22H22FNO4S. The maximum Gasteiger partial charge on any atom is 0.264 e. The smallest absolute Gasteiger partial charge is 0.264 e. The first kappa shape index (κ1) is 20.8. The summed E-state index contributed by atoms with van der Waals surface area (Å²) >= 11 is 0. The molecule has 0 aliphatic heterocycles. The summed E-state index contributed by atoms with van der Waals surface area (Å²) in [5.41, 5.74) is 0.768. The Bertz CT molecular complexity index is 1040. The minimum atomic E-state index is -4.09. The molecule has 0 radical (unpaired) electrons. The Hall–Kier alpha value is -2.90. The number of sulfonamides is 1. The van der Waals surface area contributed by atoms with Crippen LogP contribution < -0.4 is 9.04 Å². The van der Waals surface area contributed by atoms with Gasteiger partial charge < -0.3 is 9.84 Å². The number of rotatable bonds is 8. The number of anilines is 1. The number of benzene rings is 3. The van der Waals surface area contributed by atoms with Crippen LogP contribution in [0.4, 0.5) is 10.1 Å². The molecule has 3 aromatic rings. The highest BCUT2D eigenvalue weighted by Crippen LogP contribution is 2.27. The molecule has 5 nitrogen and oxygen atoms in total. The molecule has 0 saturated carbocycles. The lowest BCUT2D eigenvalue weighted by Gasteiger charge is -2.27. The molecule has 3 rings (SSSR count). The predicted octanol–water partition coefficient (Wildman–Crippen LogP) is 3.77. The van der Waals surface area contributed by atoms with Crippen molar-refractivity contribution in [3.05, 3.63) is 90.2 Å². The van der Waals surface area contributed by atoms with Crippen molar-refractivity contribution in [3.8, 4) is 5.75 Å². The number of aliphatic hydroxyl groups excluding tert-OH is 1. The van der Waals surface area contributed by atoms with E-state index < -0.39 is 21.9 Å². The Kier molecular flexibility index (Phi) is 6.51. The van der Waals surface area contributed by atoms with E-state index in [2.05, 4.69) is 0 Å². The van der Waals surface area contributed by atoms with Crippen LogP contribution in [-0.4, -0.2) is 32.8 Å². The zero-order chi connectivity index (χ0) is 20.9. The second-order valence-corrected chi connectivity index (χ2v) is 8.44. The minimum Gasteiger partial charge on any atom is -0.491 e. The number of para-hydroxylation sites is 2. The van der Waals surface area contributed by atoms with Crippen molar-refractivity contribution in [2.75, 3.05) is 17.5 Å². The van der Waals surface area contributed by atoms with E-state index in [0.29, 0.717) is 5.75 Å². The van der Waals surface area contributed by atoms with Crippen molar-refractivity contribution in [3.63, 3.8) is 0 Å². The average molecular weight is 415 g/mol. The predicted molar refractivity (Wildman–Crippen MR) is 110 cm³/mol. The molecule has 0 fully saturated rings. The van der Waals surface area contributed by atoms with Crippen molar-refractivity contribution in [2.24, 2.45) is 0 Å². The third kappa shape index (κ3) is 5.13. The SMILES string of the molecule is Cc1ccc(S(=O)(=O)N(CC(O)COc2ccccc2)c2ccccc2F)cc1. The highest BCUT2D eigenvalue weighted by atomic mass is 32.2. The van der Waals surface area contributed by atoms with Crippen molar-refractivity contribution in [2.45, 2.75) is 17.9 Å². The number of ether oxygens (including phenoxy) is 1. The quantitative estimate of drug-likeness (QED) is 0.608. The molecule has 29 heavy (non-hydrogen) atoms. The van der Waals surface area contributed by atoms with Crippen molar-refractivity contribution < 1.29 is 22.7 Å². The number of nitrogens with zero attached hydrogens (tertiary/aromatic N) is 1. The molecule has 1 atom stereocenters. The molecular weight excluding hydrogens is 393 g/mol. The third-order valence-corrected chi connectivity index (χ3v) is 6.09. The van der Waals surface area contributed by atoms with E-state index in [-0.39, 0.29) is 23.7 Å². The van der Waals surface area contributed by atoms with Gasteiger partial charge in [0.25, 0.3) is 10.0 Å². The van der Waals surface area contributed by atoms with Gasteiger partial charge in [-0.25, -0.2) is 12.8 Å². The molecule has 152 valence electrons. The Labute approximate surface area is 170 Å². The number of aryl methyl sites for hydroxylation is 1. The Morgan fingerprint density at radius 3 is 2.24 bits per heavy atom. The van der Waals surface area contributed by atoms with Gasteiger partial charge in [-0.1, -0.05) is 48.0 Å². The molecule has 0 amide bonds. The van der Waals surface area contributed by atoms with E-state index in [9.17, 15) is 17.9 Å². The van der Waals surface area contributed by atoms with E-state index in [4.69, 9.17) is 4.74 Å². The zero-order valence-electron chi connectivity index (χ0n) is 15.9. The van der Waals surface area contributed by atoms with Crippen LogP contribution in [0.2, 0.25) is 0 Å². The fourth-order valence-corrected chi connectivity index (χ4v) is 4.28. The lowest BCUT2D eigenvalue weighted by Crippen LogP contribution is -2.40. The fraction of sp³-hybridized carbons (Fsp3) is 0.182. The molecule has 0 aliphatic rings. The van der Waals surface area contributed by atoms with Crippen molar-refractivity contribution in [1.29, 1.82) is 0 Å². The first-order valence-electron chi connectivity index (χ1n) is 9.08. The van der Waals surface area contributed by atoms with Crippen LogP contribution in [0.1, 0.15) is 5.56 Å². The van der Waals surface area contributed by atoms with E-state index in [1.54, 1.807) is 42.5 Å².